The summed E-state index contributed by atoms with van der Waals surface area (Å²) in [6.45, 7) is 3.30. The number of rotatable bonds is 3. The van der Waals surface area contributed by atoms with Gasteiger partial charge < -0.3 is 0 Å². The molecule has 2 rings (SSSR count). The molecule has 8 heteroatoms. The molecular formula is C11H11ClFN3O2S. The van der Waals surface area contributed by atoms with Crippen LogP contribution in [0.3, 0.4) is 0 Å². The fourth-order valence-electron chi connectivity index (χ4n) is 1.58. The Morgan fingerprint density at radius 1 is 1.37 bits per heavy atom. The van der Waals surface area contributed by atoms with E-state index in [1.54, 1.807) is 13.8 Å². The normalized spacial score (nSPS) is 11.6. The number of nitrogens with zero attached hydrogens (tertiary/aromatic N) is 1. The van der Waals surface area contributed by atoms with Crippen molar-refractivity contribution in [3.05, 3.63) is 40.4 Å². The predicted octanol–water partition coefficient (Wildman–Crippen LogP) is 2.62. The van der Waals surface area contributed by atoms with Crippen LogP contribution in [-0.2, 0) is 10.0 Å². The highest BCUT2D eigenvalue weighted by atomic mass is 35.5. The van der Waals surface area contributed by atoms with Gasteiger partial charge in [-0.25, -0.2) is 12.8 Å². The van der Waals surface area contributed by atoms with Gasteiger partial charge in [-0.05, 0) is 32.0 Å². The van der Waals surface area contributed by atoms with Crippen LogP contribution >= 0.6 is 11.6 Å². The molecule has 2 aromatic rings. The van der Waals surface area contributed by atoms with E-state index in [0.29, 0.717) is 17.1 Å². The summed E-state index contributed by atoms with van der Waals surface area (Å²) in [5.41, 5.74) is 1.35. The van der Waals surface area contributed by atoms with E-state index >= 15 is 0 Å². The minimum atomic E-state index is -4.02. The van der Waals surface area contributed by atoms with Gasteiger partial charge in [0.15, 0.2) is 0 Å². The maximum absolute atomic E-state index is 13.6. The van der Waals surface area contributed by atoms with Gasteiger partial charge >= 0.3 is 0 Å². The van der Waals surface area contributed by atoms with Gasteiger partial charge in [-0.15, -0.1) is 0 Å². The lowest BCUT2D eigenvalue weighted by Gasteiger charge is -2.09. The number of aryl methyl sites for hydroxylation is 2. The van der Waals surface area contributed by atoms with E-state index in [-0.39, 0.29) is 5.02 Å². The third-order valence-corrected chi connectivity index (χ3v) is 4.17. The number of aromatic nitrogens is 2. The van der Waals surface area contributed by atoms with Gasteiger partial charge in [0.2, 0.25) is 0 Å². The molecule has 0 aliphatic carbocycles. The smallest absolute Gasteiger partial charge is 0.264 e. The van der Waals surface area contributed by atoms with Crippen LogP contribution in [0.1, 0.15) is 11.4 Å². The van der Waals surface area contributed by atoms with E-state index in [1.807, 2.05) is 0 Å². The van der Waals surface area contributed by atoms with Crippen LogP contribution in [0.25, 0.3) is 0 Å². The van der Waals surface area contributed by atoms with Gasteiger partial charge in [0.05, 0.1) is 17.1 Å². The number of H-pyrrole nitrogens is 1. The summed E-state index contributed by atoms with van der Waals surface area (Å²) in [5, 5.41) is 6.64. The molecule has 0 aliphatic heterocycles. The molecule has 0 spiro atoms. The maximum atomic E-state index is 13.6. The molecule has 0 aliphatic rings. The molecule has 1 aromatic heterocycles. The van der Waals surface area contributed by atoms with E-state index in [0.717, 1.165) is 12.1 Å². The molecule has 0 saturated heterocycles. The molecule has 102 valence electrons. The fourth-order valence-corrected chi connectivity index (χ4v) is 2.98. The SMILES string of the molecule is Cc1n[nH]c(C)c1NS(=O)(=O)c1ccc(Cl)cc1F. The monoisotopic (exact) mass is 303 g/mol. The zero-order chi connectivity index (χ0) is 14.2. The molecule has 0 amide bonds. The van der Waals surface area contributed by atoms with Crippen LogP contribution < -0.4 is 4.72 Å². The van der Waals surface area contributed by atoms with Gasteiger partial charge in [-0.1, -0.05) is 11.6 Å². The molecule has 1 heterocycles. The summed E-state index contributed by atoms with van der Waals surface area (Å²) in [5.74, 6) is -0.904. The molecule has 0 saturated carbocycles. The van der Waals surface area contributed by atoms with Crippen molar-refractivity contribution >= 4 is 27.3 Å². The van der Waals surface area contributed by atoms with E-state index in [9.17, 15) is 12.8 Å². The first-order valence-electron chi connectivity index (χ1n) is 5.30. The highest BCUT2D eigenvalue weighted by Crippen LogP contribution is 2.24. The molecule has 2 N–H and O–H groups in total. The van der Waals surface area contributed by atoms with Gasteiger partial charge in [0.1, 0.15) is 10.7 Å². The van der Waals surface area contributed by atoms with Gasteiger partial charge in [-0.3, -0.25) is 9.82 Å². The summed E-state index contributed by atoms with van der Waals surface area (Å²) in [6, 6.07) is 3.38. The summed E-state index contributed by atoms with van der Waals surface area (Å²) in [4.78, 5) is -0.461. The number of sulfonamides is 1. The number of halogens is 2. The molecule has 1 aromatic carbocycles. The van der Waals surface area contributed by atoms with Gasteiger partial charge in [0, 0.05) is 5.02 Å². The largest absolute Gasteiger partial charge is 0.280 e. The fraction of sp³-hybridized carbons (Fsp3) is 0.182. The van der Waals surface area contributed by atoms with Crippen molar-refractivity contribution in [1.29, 1.82) is 0 Å². The Hall–Kier alpha value is -1.60. The van der Waals surface area contributed by atoms with Crippen LogP contribution in [0.15, 0.2) is 23.1 Å². The second-order valence-electron chi connectivity index (χ2n) is 3.99. The Kier molecular flexibility index (Phi) is 3.51. The summed E-state index contributed by atoms with van der Waals surface area (Å²) < 4.78 is 40.2. The highest BCUT2D eigenvalue weighted by molar-refractivity contribution is 7.92. The third-order valence-electron chi connectivity index (χ3n) is 2.55. The first-order chi connectivity index (χ1) is 8.81. The van der Waals surface area contributed by atoms with Crippen molar-refractivity contribution < 1.29 is 12.8 Å². The average Bonchev–Trinajstić information content (AvgIpc) is 2.60. The van der Waals surface area contributed by atoms with E-state index < -0.39 is 20.7 Å². The number of nitrogens with one attached hydrogen (secondary N) is 2. The van der Waals surface area contributed by atoms with Crippen molar-refractivity contribution in [3.63, 3.8) is 0 Å². The van der Waals surface area contributed by atoms with Gasteiger partial charge in [0.25, 0.3) is 10.0 Å². The van der Waals surface area contributed by atoms with Crippen molar-refractivity contribution in [2.45, 2.75) is 18.7 Å². The Morgan fingerprint density at radius 3 is 2.58 bits per heavy atom. The quantitative estimate of drug-likeness (QED) is 0.915. The molecule has 0 fully saturated rings. The van der Waals surface area contributed by atoms with Crippen molar-refractivity contribution in [3.8, 4) is 0 Å². The Morgan fingerprint density at radius 2 is 2.05 bits per heavy atom. The van der Waals surface area contributed by atoms with E-state index in [1.165, 1.54) is 6.07 Å². The summed E-state index contributed by atoms with van der Waals surface area (Å²) in [6.07, 6.45) is 0. The lowest BCUT2D eigenvalue weighted by Crippen LogP contribution is -2.15. The average molecular weight is 304 g/mol. The number of aromatic amines is 1. The number of anilines is 1. The third kappa shape index (κ3) is 2.71. The van der Waals surface area contributed by atoms with Crippen LogP contribution in [0, 0.1) is 19.7 Å². The predicted molar refractivity (Wildman–Crippen MR) is 70.3 cm³/mol. The van der Waals surface area contributed by atoms with Gasteiger partial charge in [-0.2, -0.15) is 5.10 Å². The highest BCUT2D eigenvalue weighted by Gasteiger charge is 2.21. The molecule has 0 atom stereocenters. The molecule has 19 heavy (non-hydrogen) atoms. The second kappa shape index (κ2) is 4.82. The summed E-state index contributed by atoms with van der Waals surface area (Å²) in [7, 11) is -4.02. The number of hydrogen-bond donors (Lipinski definition) is 2. The maximum Gasteiger partial charge on any atom is 0.264 e. The van der Waals surface area contributed by atoms with Crippen LogP contribution in [0.2, 0.25) is 5.02 Å². The second-order valence-corrected chi connectivity index (χ2v) is 6.08. The molecule has 0 radical (unpaired) electrons. The molecular weight excluding hydrogens is 293 g/mol. The Balaban J connectivity index is 2.44. The van der Waals surface area contributed by atoms with Crippen molar-refractivity contribution in [2.24, 2.45) is 0 Å². The zero-order valence-electron chi connectivity index (χ0n) is 10.2. The summed E-state index contributed by atoms with van der Waals surface area (Å²) >= 11 is 5.59. The van der Waals surface area contributed by atoms with E-state index in [4.69, 9.17) is 11.6 Å². The van der Waals surface area contributed by atoms with Crippen LogP contribution in [-0.4, -0.2) is 18.6 Å². The standard InChI is InChI=1S/C11H11ClFN3O2S/c1-6-11(7(2)15-14-6)16-19(17,18)10-4-3-8(12)5-9(10)13/h3-5,16H,1-2H3,(H,14,15). The molecule has 0 unspecified atom stereocenters. The van der Waals surface area contributed by atoms with E-state index in [2.05, 4.69) is 14.9 Å². The molecule has 0 bridgehead atoms. The van der Waals surface area contributed by atoms with Crippen LogP contribution in [0.4, 0.5) is 10.1 Å². The lowest BCUT2D eigenvalue weighted by atomic mass is 10.3. The lowest BCUT2D eigenvalue weighted by molar-refractivity contribution is 0.570. The minimum Gasteiger partial charge on any atom is -0.280 e. The topological polar surface area (TPSA) is 74.8 Å². The van der Waals surface area contributed by atoms with Crippen LogP contribution in [0.5, 0.6) is 0 Å². The Bertz CT molecular complexity index is 708. The molecule has 5 nitrogen and oxygen atoms in total. The Labute approximate surface area is 114 Å². The minimum absolute atomic E-state index is 0.132. The first-order valence-corrected chi connectivity index (χ1v) is 7.17. The number of benzene rings is 1. The van der Waals surface area contributed by atoms with Crippen molar-refractivity contribution in [2.75, 3.05) is 4.72 Å². The first kappa shape index (κ1) is 13.8. The zero-order valence-corrected chi connectivity index (χ0v) is 11.7. The van der Waals surface area contributed by atoms with Crippen molar-refractivity contribution in [1.82, 2.24) is 10.2 Å². The number of hydrogen-bond acceptors (Lipinski definition) is 3.